The molecule has 0 bridgehead atoms. The first kappa shape index (κ1) is 17.5. The summed E-state index contributed by atoms with van der Waals surface area (Å²) in [6.45, 7) is 7.07. The number of piperidine rings is 1. The Morgan fingerprint density at radius 2 is 2.17 bits per heavy atom. The average Bonchev–Trinajstić information content (AvgIpc) is 2.51. The Morgan fingerprint density at radius 1 is 1.35 bits per heavy atom. The Bertz CT molecular complexity index is 488. The summed E-state index contributed by atoms with van der Waals surface area (Å²) in [5.41, 5.74) is -0.450. The molecule has 1 saturated heterocycles. The minimum atomic E-state index is -0.450. The van der Waals surface area contributed by atoms with Crippen LogP contribution in [-0.4, -0.2) is 45.8 Å². The van der Waals surface area contributed by atoms with Crippen molar-refractivity contribution in [1.29, 1.82) is 0 Å². The van der Waals surface area contributed by atoms with Gasteiger partial charge in [0.25, 0.3) is 0 Å². The zero-order valence-corrected chi connectivity index (χ0v) is 14.3. The summed E-state index contributed by atoms with van der Waals surface area (Å²) >= 11 is 0. The predicted molar refractivity (Wildman–Crippen MR) is 87.3 cm³/mol. The van der Waals surface area contributed by atoms with Crippen molar-refractivity contribution in [3.05, 3.63) is 18.6 Å². The van der Waals surface area contributed by atoms with Crippen LogP contribution in [-0.2, 0) is 4.74 Å². The number of aromatic nitrogens is 2. The van der Waals surface area contributed by atoms with Gasteiger partial charge >= 0.3 is 6.09 Å². The van der Waals surface area contributed by atoms with Crippen LogP contribution in [0.4, 0.5) is 4.79 Å². The fourth-order valence-corrected chi connectivity index (χ4v) is 2.72. The molecule has 1 aromatic rings. The number of likely N-dealkylation sites (tertiary alicyclic amines) is 1. The number of hydrogen-bond acceptors (Lipinski definition) is 5. The quantitative estimate of drug-likeness (QED) is 0.777. The lowest BCUT2D eigenvalue weighted by Crippen LogP contribution is -2.46. The van der Waals surface area contributed by atoms with Gasteiger partial charge < -0.3 is 14.4 Å². The molecule has 1 aromatic heterocycles. The van der Waals surface area contributed by atoms with Gasteiger partial charge in [-0.1, -0.05) is 0 Å². The summed E-state index contributed by atoms with van der Waals surface area (Å²) in [5, 5.41) is 0. The van der Waals surface area contributed by atoms with Gasteiger partial charge in [0.1, 0.15) is 5.60 Å². The molecule has 0 aliphatic carbocycles. The van der Waals surface area contributed by atoms with Gasteiger partial charge in [0, 0.05) is 25.0 Å². The van der Waals surface area contributed by atoms with Crippen LogP contribution in [0.3, 0.4) is 0 Å². The molecule has 1 aliphatic heterocycles. The van der Waals surface area contributed by atoms with Crippen LogP contribution in [0, 0.1) is 0 Å². The Balaban J connectivity index is 1.78. The topological polar surface area (TPSA) is 64.5 Å². The van der Waals surface area contributed by atoms with Gasteiger partial charge in [-0.05, 0) is 52.9 Å². The van der Waals surface area contributed by atoms with Gasteiger partial charge in [0.05, 0.1) is 12.8 Å². The maximum Gasteiger partial charge on any atom is 0.410 e. The molecule has 1 amide bonds. The third kappa shape index (κ3) is 6.04. The summed E-state index contributed by atoms with van der Waals surface area (Å²) in [6, 6.07) is 0.240. The monoisotopic (exact) mass is 321 g/mol. The molecule has 0 aromatic carbocycles. The smallest absolute Gasteiger partial charge is 0.410 e. The normalized spacial score (nSPS) is 18.6. The number of carbonyl (C=O) groups excluding carboxylic acids is 1. The van der Waals surface area contributed by atoms with Crippen molar-refractivity contribution in [2.45, 2.75) is 64.5 Å². The summed E-state index contributed by atoms with van der Waals surface area (Å²) in [6.07, 6.45) is 9.67. The van der Waals surface area contributed by atoms with E-state index in [4.69, 9.17) is 9.47 Å². The van der Waals surface area contributed by atoms with E-state index in [2.05, 4.69) is 9.97 Å². The zero-order chi connectivity index (χ0) is 16.7. The van der Waals surface area contributed by atoms with Crippen LogP contribution in [0.5, 0.6) is 5.88 Å². The van der Waals surface area contributed by atoms with Crippen LogP contribution in [0.2, 0.25) is 0 Å². The highest BCUT2D eigenvalue weighted by atomic mass is 16.6. The van der Waals surface area contributed by atoms with Crippen molar-refractivity contribution < 1.29 is 14.3 Å². The molecule has 128 valence electrons. The van der Waals surface area contributed by atoms with Crippen molar-refractivity contribution in [3.63, 3.8) is 0 Å². The van der Waals surface area contributed by atoms with Crippen LogP contribution in [0.25, 0.3) is 0 Å². The van der Waals surface area contributed by atoms with E-state index < -0.39 is 5.60 Å². The molecule has 6 nitrogen and oxygen atoms in total. The molecule has 1 fully saturated rings. The van der Waals surface area contributed by atoms with Crippen LogP contribution in [0.1, 0.15) is 52.9 Å². The second-order valence-electron chi connectivity index (χ2n) is 6.86. The first-order chi connectivity index (χ1) is 11.0. The summed E-state index contributed by atoms with van der Waals surface area (Å²) < 4.78 is 11.1. The molecule has 1 atom stereocenters. The fourth-order valence-electron chi connectivity index (χ4n) is 2.72. The van der Waals surface area contributed by atoms with Gasteiger partial charge in [-0.2, -0.15) is 0 Å². The van der Waals surface area contributed by atoms with Crippen molar-refractivity contribution >= 4 is 6.09 Å². The molecule has 0 unspecified atom stereocenters. The van der Waals surface area contributed by atoms with Crippen LogP contribution in [0.15, 0.2) is 18.6 Å². The lowest BCUT2D eigenvalue weighted by molar-refractivity contribution is 0.00822. The Morgan fingerprint density at radius 3 is 2.87 bits per heavy atom. The lowest BCUT2D eigenvalue weighted by Gasteiger charge is -2.36. The highest BCUT2D eigenvalue weighted by Crippen LogP contribution is 2.23. The molecule has 0 saturated carbocycles. The van der Waals surface area contributed by atoms with Crippen LogP contribution >= 0.6 is 0 Å². The molecular weight excluding hydrogens is 294 g/mol. The second-order valence-corrected chi connectivity index (χ2v) is 6.86. The molecule has 2 heterocycles. The number of ether oxygens (including phenoxy) is 2. The molecule has 23 heavy (non-hydrogen) atoms. The minimum absolute atomic E-state index is 0.197. The molecular formula is C17H27N3O3. The van der Waals surface area contributed by atoms with Gasteiger partial charge in [0.15, 0.2) is 0 Å². The summed E-state index contributed by atoms with van der Waals surface area (Å²) in [4.78, 5) is 22.3. The third-order valence-electron chi connectivity index (χ3n) is 3.73. The van der Waals surface area contributed by atoms with E-state index in [1.807, 2.05) is 25.7 Å². The Labute approximate surface area is 138 Å². The number of hydrogen-bond donors (Lipinski definition) is 0. The Kier molecular flexibility index (Phi) is 6.19. The number of nitrogens with zero attached hydrogens (tertiary/aromatic N) is 3. The van der Waals surface area contributed by atoms with E-state index in [-0.39, 0.29) is 12.1 Å². The van der Waals surface area contributed by atoms with E-state index in [0.717, 1.165) is 38.6 Å². The van der Waals surface area contributed by atoms with Crippen molar-refractivity contribution in [1.82, 2.24) is 14.9 Å². The molecule has 0 radical (unpaired) electrons. The lowest BCUT2D eigenvalue weighted by atomic mass is 9.98. The summed E-state index contributed by atoms with van der Waals surface area (Å²) in [5.74, 6) is 0.542. The maximum atomic E-state index is 12.3. The SMILES string of the molecule is CC(C)(C)OC(=O)N1CCCC[C@H]1CCCOc1cnccn1. The highest BCUT2D eigenvalue weighted by Gasteiger charge is 2.29. The average molecular weight is 321 g/mol. The molecule has 2 rings (SSSR count). The molecule has 0 spiro atoms. The maximum absolute atomic E-state index is 12.3. The summed E-state index contributed by atoms with van der Waals surface area (Å²) in [7, 11) is 0. The van der Waals surface area contributed by atoms with Gasteiger partial charge in [-0.25, -0.2) is 9.78 Å². The fraction of sp³-hybridized carbons (Fsp3) is 0.706. The first-order valence-electron chi connectivity index (χ1n) is 8.34. The number of amides is 1. The number of carbonyl (C=O) groups is 1. The predicted octanol–water partition coefficient (Wildman–Crippen LogP) is 3.43. The van der Waals surface area contributed by atoms with E-state index in [0.29, 0.717) is 12.5 Å². The molecule has 0 N–H and O–H groups in total. The first-order valence-corrected chi connectivity index (χ1v) is 8.34. The van der Waals surface area contributed by atoms with Crippen molar-refractivity contribution in [3.8, 4) is 5.88 Å². The second kappa shape index (κ2) is 8.13. The van der Waals surface area contributed by atoms with E-state index in [1.165, 1.54) is 0 Å². The third-order valence-corrected chi connectivity index (χ3v) is 3.73. The van der Waals surface area contributed by atoms with Gasteiger partial charge in [-0.3, -0.25) is 4.98 Å². The largest absolute Gasteiger partial charge is 0.477 e. The van der Waals surface area contributed by atoms with Crippen molar-refractivity contribution in [2.24, 2.45) is 0 Å². The highest BCUT2D eigenvalue weighted by molar-refractivity contribution is 5.68. The standard InChI is InChI=1S/C17H27N3O3/c1-17(2,3)23-16(21)20-11-5-4-7-14(20)8-6-12-22-15-13-18-9-10-19-15/h9-10,13-14H,4-8,11-12H2,1-3H3/t14-/m0/s1. The van der Waals surface area contributed by atoms with Crippen LogP contribution < -0.4 is 4.74 Å². The minimum Gasteiger partial charge on any atom is -0.477 e. The zero-order valence-electron chi connectivity index (χ0n) is 14.3. The van der Waals surface area contributed by atoms with Gasteiger partial charge in [-0.15, -0.1) is 0 Å². The molecule has 6 heteroatoms. The number of rotatable bonds is 5. The van der Waals surface area contributed by atoms with E-state index in [9.17, 15) is 4.79 Å². The van der Waals surface area contributed by atoms with E-state index in [1.54, 1.807) is 18.6 Å². The molecule has 1 aliphatic rings. The Hall–Kier alpha value is -1.85. The van der Waals surface area contributed by atoms with E-state index >= 15 is 0 Å². The van der Waals surface area contributed by atoms with Crippen molar-refractivity contribution in [2.75, 3.05) is 13.2 Å². The van der Waals surface area contributed by atoms with Gasteiger partial charge in [0.2, 0.25) is 5.88 Å².